The van der Waals surface area contributed by atoms with Crippen LogP contribution in [0, 0.1) is 0 Å². The van der Waals surface area contributed by atoms with Crippen LogP contribution in [-0.4, -0.2) is 39.3 Å². The maximum absolute atomic E-state index is 5.35. The van der Waals surface area contributed by atoms with E-state index in [1.165, 1.54) is 0 Å². The van der Waals surface area contributed by atoms with Gasteiger partial charge in [0, 0.05) is 6.54 Å². The number of rotatable bonds is 6. The van der Waals surface area contributed by atoms with E-state index in [4.69, 9.17) is 9.47 Å². The molecule has 0 bridgehead atoms. The Kier molecular flexibility index (Phi) is 5.43. The summed E-state index contributed by atoms with van der Waals surface area (Å²) >= 11 is 0. The molecule has 1 rings (SSSR count). The van der Waals surface area contributed by atoms with Crippen molar-refractivity contribution < 1.29 is 9.47 Å². The highest BCUT2D eigenvalue weighted by molar-refractivity contribution is 5.49. The molecule has 0 aliphatic rings. The SMILES string of the molecule is COc1ccc(/C=C\OCCN(C)C)cc1. The lowest BCUT2D eigenvalue weighted by molar-refractivity contribution is 0.214. The van der Waals surface area contributed by atoms with Gasteiger partial charge in [0.15, 0.2) is 0 Å². The van der Waals surface area contributed by atoms with Crippen molar-refractivity contribution >= 4 is 6.08 Å². The van der Waals surface area contributed by atoms with Crippen molar-refractivity contribution in [2.45, 2.75) is 0 Å². The molecule has 0 spiro atoms. The average molecular weight is 221 g/mol. The molecule has 16 heavy (non-hydrogen) atoms. The van der Waals surface area contributed by atoms with Gasteiger partial charge in [-0.3, -0.25) is 0 Å². The second-order valence-corrected chi connectivity index (χ2v) is 3.75. The van der Waals surface area contributed by atoms with Crippen LogP contribution in [0.3, 0.4) is 0 Å². The zero-order valence-corrected chi connectivity index (χ0v) is 10.1. The van der Waals surface area contributed by atoms with E-state index in [-0.39, 0.29) is 0 Å². The van der Waals surface area contributed by atoms with Gasteiger partial charge in [-0.25, -0.2) is 0 Å². The molecule has 88 valence electrons. The lowest BCUT2D eigenvalue weighted by Crippen LogP contribution is -2.16. The molecule has 3 heteroatoms. The minimum atomic E-state index is 0.708. The molecule has 0 aliphatic carbocycles. The van der Waals surface area contributed by atoms with E-state index in [9.17, 15) is 0 Å². The molecule has 0 fully saturated rings. The average Bonchev–Trinajstić information content (AvgIpc) is 2.29. The number of hydrogen-bond acceptors (Lipinski definition) is 3. The smallest absolute Gasteiger partial charge is 0.118 e. The van der Waals surface area contributed by atoms with Gasteiger partial charge in [-0.2, -0.15) is 0 Å². The summed E-state index contributed by atoms with van der Waals surface area (Å²) in [6.07, 6.45) is 3.67. The highest BCUT2D eigenvalue weighted by Crippen LogP contribution is 2.12. The molecule has 0 saturated heterocycles. The summed E-state index contributed by atoms with van der Waals surface area (Å²) in [5.74, 6) is 0.866. The van der Waals surface area contributed by atoms with Gasteiger partial charge >= 0.3 is 0 Å². The minimum absolute atomic E-state index is 0.708. The van der Waals surface area contributed by atoms with E-state index in [0.717, 1.165) is 17.9 Å². The van der Waals surface area contributed by atoms with Gasteiger partial charge in [0.05, 0.1) is 20.0 Å². The lowest BCUT2D eigenvalue weighted by atomic mass is 10.2. The Morgan fingerprint density at radius 3 is 2.44 bits per heavy atom. The Bertz CT molecular complexity index is 317. The van der Waals surface area contributed by atoms with E-state index < -0.39 is 0 Å². The van der Waals surface area contributed by atoms with Crippen LogP contribution in [0.4, 0.5) is 0 Å². The molecule has 0 unspecified atom stereocenters. The molecule has 0 saturated carbocycles. The first-order chi connectivity index (χ1) is 7.72. The molecule has 0 N–H and O–H groups in total. The molecule has 0 radical (unpaired) electrons. The Hall–Kier alpha value is -1.48. The van der Waals surface area contributed by atoms with Gasteiger partial charge in [-0.1, -0.05) is 12.1 Å². The van der Waals surface area contributed by atoms with Crippen LogP contribution < -0.4 is 4.74 Å². The fourth-order valence-electron chi connectivity index (χ4n) is 1.15. The third-order valence-corrected chi connectivity index (χ3v) is 2.13. The first-order valence-electron chi connectivity index (χ1n) is 5.29. The molecule has 0 atom stereocenters. The predicted molar refractivity (Wildman–Crippen MR) is 66.5 cm³/mol. The summed E-state index contributed by atoms with van der Waals surface area (Å²) in [5, 5.41) is 0. The van der Waals surface area contributed by atoms with Crippen molar-refractivity contribution in [3.63, 3.8) is 0 Å². The number of likely N-dealkylation sites (N-methyl/N-ethyl adjacent to an activating group) is 1. The van der Waals surface area contributed by atoms with Crippen molar-refractivity contribution in [1.29, 1.82) is 0 Å². The Morgan fingerprint density at radius 2 is 1.88 bits per heavy atom. The monoisotopic (exact) mass is 221 g/mol. The van der Waals surface area contributed by atoms with Crippen molar-refractivity contribution in [3.05, 3.63) is 36.1 Å². The predicted octanol–water partition coefficient (Wildman–Crippen LogP) is 2.24. The number of hydrogen-bond donors (Lipinski definition) is 0. The summed E-state index contributed by atoms with van der Waals surface area (Å²) in [6, 6.07) is 7.84. The second kappa shape index (κ2) is 6.90. The number of methoxy groups -OCH3 is 1. The maximum atomic E-state index is 5.35. The van der Waals surface area contributed by atoms with Crippen molar-refractivity contribution in [2.24, 2.45) is 0 Å². The molecule has 1 aromatic rings. The van der Waals surface area contributed by atoms with E-state index >= 15 is 0 Å². The van der Waals surface area contributed by atoms with Gasteiger partial charge < -0.3 is 14.4 Å². The van der Waals surface area contributed by atoms with E-state index in [1.54, 1.807) is 13.4 Å². The van der Waals surface area contributed by atoms with Gasteiger partial charge in [0.25, 0.3) is 0 Å². The van der Waals surface area contributed by atoms with E-state index in [1.807, 2.05) is 44.4 Å². The van der Waals surface area contributed by atoms with Crippen LogP contribution in [0.5, 0.6) is 5.75 Å². The van der Waals surface area contributed by atoms with Gasteiger partial charge in [0.1, 0.15) is 5.75 Å². The van der Waals surface area contributed by atoms with Crippen LogP contribution in [0.1, 0.15) is 5.56 Å². The van der Waals surface area contributed by atoms with Crippen LogP contribution >= 0.6 is 0 Å². The third kappa shape index (κ3) is 4.84. The first kappa shape index (κ1) is 12.6. The summed E-state index contributed by atoms with van der Waals surface area (Å²) in [7, 11) is 5.71. The molecule has 1 aromatic carbocycles. The van der Waals surface area contributed by atoms with Crippen LogP contribution in [0.25, 0.3) is 6.08 Å². The fourth-order valence-corrected chi connectivity index (χ4v) is 1.15. The standard InChI is InChI=1S/C13H19NO2/c1-14(2)9-11-16-10-8-12-4-6-13(15-3)7-5-12/h4-8,10H,9,11H2,1-3H3/b10-8-. The first-order valence-corrected chi connectivity index (χ1v) is 5.29. The van der Waals surface area contributed by atoms with Gasteiger partial charge in [-0.05, 0) is 37.9 Å². The maximum Gasteiger partial charge on any atom is 0.118 e. The van der Waals surface area contributed by atoms with Crippen molar-refractivity contribution in [2.75, 3.05) is 34.4 Å². The molecule has 0 heterocycles. The fraction of sp³-hybridized carbons (Fsp3) is 0.385. The van der Waals surface area contributed by atoms with Crippen LogP contribution in [-0.2, 0) is 4.74 Å². The molecular formula is C13H19NO2. The highest BCUT2D eigenvalue weighted by atomic mass is 16.5. The summed E-state index contributed by atoms with van der Waals surface area (Å²) in [4.78, 5) is 2.08. The summed E-state index contributed by atoms with van der Waals surface area (Å²) in [6.45, 7) is 1.63. The largest absolute Gasteiger partial charge is 0.500 e. The van der Waals surface area contributed by atoms with Gasteiger partial charge in [-0.15, -0.1) is 0 Å². The Labute approximate surface area is 97.3 Å². The molecule has 0 aromatic heterocycles. The highest BCUT2D eigenvalue weighted by Gasteiger charge is 1.90. The van der Waals surface area contributed by atoms with E-state index in [0.29, 0.717) is 6.61 Å². The normalized spacial score (nSPS) is 11.0. The van der Waals surface area contributed by atoms with Crippen LogP contribution in [0.2, 0.25) is 0 Å². The lowest BCUT2D eigenvalue weighted by Gasteiger charge is -2.07. The topological polar surface area (TPSA) is 21.7 Å². The zero-order chi connectivity index (χ0) is 11.8. The van der Waals surface area contributed by atoms with Crippen LogP contribution in [0.15, 0.2) is 30.5 Å². The summed E-state index contributed by atoms with van der Waals surface area (Å²) in [5.41, 5.74) is 1.10. The van der Waals surface area contributed by atoms with Gasteiger partial charge in [0.2, 0.25) is 0 Å². The molecule has 0 amide bonds. The van der Waals surface area contributed by atoms with Crippen molar-refractivity contribution in [3.8, 4) is 5.75 Å². The second-order valence-electron chi connectivity index (χ2n) is 3.75. The molecular weight excluding hydrogens is 202 g/mol. The Balaban J connectivity index is 2.32. The minimum Gasteiger partial charge on any atom is -0.500 e. The summed E-state index contributed by atoms with van der Waals surface area (Å²) < 4.78 is 10.4. The molecule has 0 aliphatic heterocycles. The quantitative estimate of drug-likeness (QED) is 0.543. The van der Waals surface area contributed by atoms with E-state index in [2.05, 4.69) is 4.90 Å². The third-order valence-electron chi connectivity index (χ3n) is 2.13. The number of benzene rings is 1. The molecule has 3 nitrogen and oxygen atoms in total. The number of nitrogens with zero attached hydrogens (tertiary/aromatic N) is 1. The number of ether oxygens (including phenoxy) is 2. The zero-order valence-electron chi connectivity index (χ0n) is 10.1. The Morgan fingerprint density at radius 1 is 1.19 bits per heavy atom. The van der Waals surface area contributed by atoms with Crippen molar-refractivity contribution in [1.82, 2.24) is 4.90 Å².